The fourth-order valence-electron chi connectivity index (χ4n) is 1.40. The van der Waals surface area contributed by atoms with E-state index in [4.69, 9.17) is 5.11 Å². The van der Waals surface area contributed by atoms with Gasteiger partial charge in [-0.1, -0.05) is 6.92 Å². The summed E-state index contributed by atoms with van der Waals surface area (Å²) in [6, 6.07) is -0.0714. The number of carbonyl (C=O) groups excluding carboxylic acids is 1. The fourth-order valence-corrected chi connectivity index (χ4v) is 2.30. The van der Waals surface area contributed by atoms with Crippen molar-refractivity contribution in [3.8, 4) is 0 Å². The molecular formula is C10H18N2O3S. The lowest BCUT2D eigenvalue weighted by Gasteiger charge is -2.26. The number of amides is 2. The minimum absolute atomic E-state index is 0.0714. The van der Waals surface area contributed by atoms with E-state index in [1.54, 1.807) is 11.8 Å². The van der Waals surface area contributed by atoms with Crippen molar-refractivity contribution in [3.63, 3.8) is 0 Å². The molecule has 2 N–H and O–H groups in total. The molecule has 1 heterocycles. The lowest BCUT2D eigenvalue weighted by Crippen LogP contribution is -2.44. The van der Waals surface area contributed by atoms with Crippen molar-refractivity contribution in [2.75, 3.05) is 31.1 Å². The average Bonchev–Trinajstić information content (AvgIpc) is 2.29. The number of aliphatic carboxylic acids is 1. The largest absolute Gasteiger partial charge is 0.481 e. The summed E-state index contributed by atoms with van der Waals surface area (Å²) in [5, 5.41) is 11.4. The minimum atomic E-state index is -0.816. The second-order valence-electron chi connectivity index (χ2n) is 3.86. The Kier molecular flexibility index (Phi) is 5.45. The van der Waals surface area contributed by atoms with Crippen molar-refractivity contribution in [2.24, 2.45) is 5.92 Å². The molecule has 0 spiro atoms. The van der Waals surface area contributed by atoms with E-state index in [1.807, 2.05) is 11.8 Å². The van der Waals surface area contributed by atoms with Gasteiger partial charge in [-0.05, 0) is 6.42 Å². The highest BCUT2D eigenvalue weighted by atomic mass is 32.2. The maximum absolute atomic E-state index is 11.6. The number of nitrogens with one attached hydrogen (secondary N) is 1. The zero-order valence-corrected chi connectivity index (χ0v) is 10.3. The van der Waals surface area contributed by atoms with Gasteiger partial charge in [-0.15, -0.1) is 0 Å². The van der Waals surface area contributed by atoms with Crippen molar-refractivity contribution in [3.05, 3.63) is 0 Å². The van der Waals surface area contributed by atoms with Crippen LogP contribution in [0.1, 0.15) is 13.3 Å². The molecule has 1 aliphatic heterocycles. The quantitative estimate of drug-likeness (QED) is 0.771. The van der Waals surface area contributed by atoms with Crippen molar-refractivity contribution in [1.82, 2.24) is 10.2 Å². The summed E-state index contributed by atoms with van der Waals surface area (Å²) in [6.45, 7) is 3.64. The van der Waals surface area contributed by atoms with Crippen LogP contribution in [0.15, 0.2) is 0 Å². The Bertz CT molecular complexity index is 254. The molecule has 0 aromatic carbocycles. The fraction of sp³-hybridized carbons (Fsp3) is 0.800. The van der Waals surface area contributed by atoms with E-state index in [2.05, 4.69) is 5.32 Å². The van der Waals surface area contributed by atoms with Crippen LogP contribution in [0.3, 0.4) is 0 Å². The van der Waals surface area contributed by atoms with Crippen molar-refractivity contribution in [1.29, 1.82) is 0 Å². The van der Waals surface area contributed by atoms with Crippen LogP contribution in [0.5, 0.6) is 0 Å². The molecule has 16 heavy (non-hydrogen) atoms. The number of thioether (sulfide) groups is 1. The molecule has 6 heteroatoms. The summed E-state index contributed by atoms with van der Waals surface area (Å²) in [4.78, 5) is 23.9. The number of urea groups is 1. The molecule has 0 saturated carbocycles. The van der Waals surface area contributed by atoms with Gasteiger partial charge in [0.2, 0.25) is 0 Å². The van der Waals surface area contributed by atoms with Crippen molar-refractivity contribution < 1.29 is 14.7 Å². The molecule has 1 rings (SSSR count). The van der Waals surface area contributed by atoms with Gasteiger partial charge in [0, 0.05) is 31.1 Å². The summed E-state index contributed by atoms with van der Waals surface area (Å²) in [5.74, 6) is 0.749. The molecule has 0 aromatic rings. The Labute approximate surface area is 99.6 Å². The highest BCUT2D eigenvalue weighted by Crippen LogP contribution is 2.09. The van der Waals surface area contributed by atoms with Crippen LogP contribution in [0, 0.1) is 5.92 Å². The predicted octanol–water partition coefficient (Wildman–Crippen LogP) is 0.856. The molecule has 0 radical (unpaired) electrons. The van der Waals surface area contributed by atoms with Crippen LogP contribution in [0.4, 0.5) is 4.79 Å². The first-order chi connectivity index (χ1) is 7.61. The van der Waals surface area contributed by atoms with E-state index in [0.29, 0.717) is 13.0 Å². The van der Waals surface area contributed by atoms with Crippen LogP contribution in [0.2, 0.25) is 0 Å². The Morgan fingerprint density at radius 2 is 2.06 bits per heavy atom. The highest BCUT2D eigenvalue weighted by molar-refractivity contribution is 7.99. The minimum Gasteiger partial charge on any atom is -0.481 e. The molecule has 1 saturated heterocycles. The zero-order valence-electron chi connectivity index (χ0n) is 9.44. The third-order valence-corrected chi connectivity index (χ3v) is 3.52. The smallest absolute Gasteiger partial charge is 0.317 e. The van der Waals surface area contributed by atoms with Gasteiger partial charge in [0.05, 0.1) is 5.92 Å². The molecule has 1 atom stereocenters. The average molecular weight is 246 g/mol. The Balaban J connectivity index is 2.16. The molecule has 0 bridgehead atoms. The standard InChI is InChI=1S/C10H18N2O3S/c1-8(9(13)14)2-3-11-10(15)12-4-6-16-7-5-12/h8H,2-7H2,1H3,(H,11,15)(H,13,14). The number of carbonyl (C=O) groups is 2. The number of rotatable bonds is 4. The normalized spacial score (nSPS) is 17.9. The molecule has 0 aromatic heterocycles. The Morgan fingerprint density at radius 1 is 1.44 bits per heavy atom. The lowest BCUT2D eigenvalue weighted by molar-refractivity contribution is -0.141. The number of carboxylic acid groups (broad SMARTS) is 1. The first-order valence-corrected chi connectivity index (χ1v) is 6.60. The van der Waals surface area contributed by atoms with Crippen LogP contribution in [-0.2, 0) is 4.79 Å². The monoisotopic (exact) mass is 246 g/mol. The maximum Gasteiger partial charge on any atom is 0.317 e. The molecule has 5 nitrogen and oxygen atoms in total. The van der Waals surface area contributed by atoms with Gasteiger partial charge in [0.25, 0.3) is 0 Å². The first kappa shape index (κ1) is 13.2. The molecule has 92 valence electrons. The van der Waals surface area contributed by atoms with Crippen LogP contribution in [-0.4, -0.2) is 53.1 Å². The third-order valence-electron chi connectivity index (χ3n) is 2.57. The summed E-state index contributed by atoms with van der Waals surface area (Å²) in [7, 11) is 0. The SMILES string of the molecule is CC(CCNC(=O)N1CCSCC1)C(=O)O. The lowest BCUT2D eigenvalue weighted by atomic mass is 10.1. The number of hydrogen-bond acceptors (Lipinski definition) is 3. The van der Waals surface area contributed by atoms with E-state index in [1.165, 1.54) is 0 Å². The topological polar surface area (TPSA) is 69.6 Å². The number of carboxylic acids is 1. The second-order valence-corrected chi connectivity index (χ2v) is 5.08. The summed E-state index contributed by atoms with van der Waals surface area (Å²) in [6.07, 6.45) is 0.476. The molecule has 1 unspecified atom stereocenters. The molecule has 2 amide bonds. The van der Waals surface area contributed by atoms with Crippen LogP contribution >= 0.6 is 11.8 Å². The van der Waals surface area contributed by atoms with Gasteiger partial charge in [0.1, 0.15) is 0 Å². The number of nitrogens with zero attached hydrogens (tertiary/aromatic N) is 1. The number of hydrogen-bond donors (Lipinski definition) is 2. The van der Waals surface area contributed by atoms with Crippen LogP contribution < -0.4 is 5.32 Å². The van der Waals surface area contributed by atoms with Crippen molar-refractivity contribution in [2.45, 2.75) is 13.3 Å². The second kappa shape index (κ2) is 6.62. The van der Waals surface area contributed by atoms with Gasteiger partial charge < -0.3 is 15.3 Å². The summed E-state index contributed by atoms with van der Waals surface area (Å²) >= 11 is 1.85. The van der Waals surface area contributed by atoms with Gasteiger partial charge >= 0.3 is 12.0 Å². The third kappa shape index (κ3) is 4.30. The molecular weight excluding hydrogens is 228 g/mol. The van der Waals surface area contributed by atoms with E-state index in [0.717, 1.165) is 24.6 Å². The van der Waals surface area contributed by atoms with Gasteiger partial charge in [-0.25, -0.2) is 4.79 Å². The van der Waals surface area contributed by atoms with E-state index >= 15 is 0 Å². The molecule has 0 aliphatic carbocycles. The van der Waals surface area contributed by atoms with E-state index < -0.39 is 11.9 Å². The van der Waals surface area contributed by atoms with Crippen molar-refractivity contribution >= 4 is 23.8 Å². The van der Waals surface area contributed by atoms with E-state index in [-0.39, 0.29) is 6.03 Å². The first-order valence-electron chi connectivity index (χ1n) is 5.44. The Hall–Kier alpha value is -0.910. The van der Waals surface area contributed by atoms with Gasteiger partial charge in [0.15, 0.2) is 0 Å². The van der Waals surface area contributed by atoms with E-state index in [9.17, 15) is 9.59 Å². The summed E-state index contributed by atoms with van der Waals surface area (Å²) < 4.78 is 0. The zero-order chi connectivity index (χ0) is 12.0. The maximum atomic E-state index is 11.6. The van der Waals surface area contributed by atoms with Gasteiger partial charge in [-0.3, -0.25) is 4.79 Å². The molecule has 1 aliphatic rings. The highest BCUT2D eigenvalue weighted by Gasteiger charge is 2.17. The van der Waals surface area contributed by atoms with Gasteiger partial charge in [-0.2, -0.15) is 11.8 Å². The Morgan fingerprint density at radius 3 is 2.62 bits per heavy atom. The molecule has 1 fully saturated rings. The van der Waals surface area contributed by atoms with Crippen LogP contribution in [0.25, 0.3) is 0 Å². The summed E-state index contributed by atoms with van der Waals surface area (Å²) in [5.41, 5.74) is 0. The predicted molar refractivity (Wildman–Crippen MR) is 63.7 cm³/mol.